The Kier molecular flexibility index (Phi) is 5.20. The van der Waals surface area contributed by atoms with E-state index in [0.29, 0.717) is 6.54 Å². The van der Waals surface area contributed by atoms with Gasteiger partial charge in [0.15, 0.2) is 0 Å². The van der Waals surface area contributed by atoms with E-state index >= 15 is 0 Å². The number of anilines is 4. The van der Waals surface area contributed by atoms with Crippen molar-refractivity contribution in [3.05, 3.63) is 30.3 Å². The van der Waals surface area contributed by atoms with Gasteiger partial charge in [0, 0.05) is 25.3 Å². The van der Waals surface area contributed by atoms with Gasteiger partial charge in [-0.15, -0.1) is 0 Å². The topological polar surface area (TPSA) is 137 Å². The number of nitrogen functional groups attached to an aromatic ring is 1. The molecule has 1 saturated heterocycles. The molecule has 26 heavy (non-hydrogen) atoms. The highest BCUT2D eigenvalue weighted by atomic mass is 32.2. The second-order valence-corrected chi connectivity index (χ2v) is 7.96. The molecule has 2 atom stereocenters. The van der Waals surface area contributed by atoms with Crippen LogP contribution in [0.5, 0.6) is 0 Å². The normalized spacial score (nSPS) is 20.5. The Balaban J connectivity index is 1.75. The summed E-state index contributed by atoms with van der Waals surface area (Å²) in [6.45, 7) is 2.37. The molecule has 0 spiro atoms. The summed E-state index contributed by atoms with van der Waals surface area (Å²) in [5.41, 5.74) is 6.58. The van der Waals surface area contributed by atoms with Gasteiger partial charge in [0.25, 0.3) is 0 Å². The van der Waals surface area contributed by atoms with Crippen LogP contribution in [-0.4, -0.2) is 64.4 Å². The van der Waals surface area contributed by atoms with Crippen LogP contribution < -0.4 is 16.0 Å². The molecule has 1 fully saturated rings. The Morgan fingerprint density at radius 2 is 1.92 bits per heavy atom. The molecular formula is C15H21N7O3S. The van der Waals surface area contributed by atoms with E-state index in [1.807, 2.05) is 30.3 Å². The molecule has 1 aromatic heterocycles. The maximum Gasteiger partial charge on any atom is 0.233 e. The number of hydrogen-bond donors (Lipinski definition) is 3. The van der Waals surface area contributed by atoms with Crippen molar-refractivity contribution in [1.82, 2.24) is 19.3 Å². The van der Waals surface area contributed by atoms with Crippen LogP contribution in [0, 0.1) is 0 Å². The van der Waals surface area contributed by atoms with Crippen LogP contribution in [-0.2, 0) is 10.0 Å². The molecule has 140 valence electrons. The highest BCUT2D eigenvalue weighted by Gasteiger charge is 2.50. The van der Waals surface area contributed by atoms with Gasteiger partial charge in [0.05, 0.1) is 6.61 Å². The van der Waals surface area contributed by atoms with E-state index in [-0.39, 0.29) is 37.5 Å². The van der Waals surface area contributed by atoms with E-state index in [4.69, 9.17) is 5.73 Å². The summed E-state index contributed by atoms with van der Waals surface area (Å²) in [6.07, 6.45) is 0. The summed E-state index contributed by atoms with van der Waals surface area (Å²) in [4.78, 5) is 14.2. The van der Waals surface area contributed by atoms with Crippen LogP contribution in [0.3, 0.4) is 0 Å². The highest BCUT2D eigenvalue weighted by Crippen LogP contribution is 2.29. The second kappa shape index (κ2) is 7.40. The minimum Gasteiger partial charge on any atom is -0.395 e. The molecule has 3 rings (SSSR count). The van der Waals surface area contributed by atoms with Crippen molar-refractivity contribution >= 4 is 33.6 Å². The van der Waals surface area contributed by atoms with E-state index < -0.39 is 15.4 Å². The van der Waals surface area contributed by atoms with Crippen LogP contribution in [0.15, 0.2) is 30.3 Å². The lowest BCUT2D eigenvalue weighted by molar-refractivity contribution is 0.300. The molecule has 2 unspecified atom stereocenters. The molecule has 1 aromatic carbocycles. The van der Waals surface area contributed by atoms with Crippen LogP contribution in [0.2, 0.25) is 0 Å². The first kappa shape index (κ1) is 18.3. The average molecular weight is 379 g/mol. The fraction of sp³-hybridized carbons (Fsp3) is 0.400. The molecule has 2 heterocycles. The van der Waals surface area contributed by atoms with Crippen molar-refractivity contribution in [1.29, 1.82) is 0 Å². The maximum absolute atomic E-state index is 11.6. The fourth-order valence-corrected chi connectivity index (χ4v) is 3.89. The number of para-hydroxylation sites is 1. The van der Waals surface area contributed by atoms with E-state index in [0.717, 1.165) is 5.69 Å². The Morgan fingerprint density at radius 3 is 2.54 bits per heavy atom. The molecule has 2 aromatic rings. The lowest BCUT2D eigenvalue weighted by Gasteiger charge is -2.22. The standard InChI is InChI=1S/C15H21N7O3S/c1-11-22(26(11,24)25)8-7-21(9-10-23)15-19-13(16)18-14(20-15)17-12-5-3-2-4-6-12/h2-6,11,23H,7-10H2,1H3,(H3,16,17,18,19,20). The molecule has 0 saturated carbocycles. The van der Waals surface area contributed by atoms with Crippen molar-refractivity contribution in [2.45, 2.75) is 12.3 Å². The number of sulfonamides is 1. The second-order valence-electron chi connectivity index (χ2n) is 5.77. The van der Waals surface area contributed by atoms with E-state index in [2.05, 4.69) is 20.3 Å². The summed E-state index contributed by atoms with van der Waals surface area (Å²) in [6, 6.07) is 9.36. The predicted octanol–water partition coefficient (Wildman–Crippen LogP) is -0.0125. The monoisotopic (exact) mass is 379 g/mol. The lowest BCUT2D eigenvalue weighted by atomic mass is 10.3. The molecule has 10 nitrogen and oxygen atoms in total. The fourth-order valence-electron chi connectivity index (χ4n) is 2.54. The van der Waals surface area contributed by atoms with Crippen molar-refractivity contribution in [3.8, 4) is 0 Å². The minimum absolute atomic E-state index is 0.0316. The molecule has 0 radical (unpaired) electrons. The number of rotatable bonds is 8. The van der Waals surface area contributed by atoms with Gasteiger partial charge >= 0.3 is 0 Å². The van der Waals surface area contributed by atoms with Crippen molar-refractivity contribution in [2.75, 3.05) is 42.2 Å². The third kappa shape index (κ3) is 4.00. The SMILES string of the molecule is CC1N(CCN(CCO)c2nc(N)nc(Nc3ccccc3)n2)S1(=O)=O. The van der Waals surface area contributed by atoms with Gasteiger partial charge in [0.1, 0.15) is 5.37 Å². The zero-order valence-electron chi connectivity index (χ0n) is 14.3. The Bertz CT molecular complexity index is 863. The number of benzene rings is 1. The maximum atomic E-state index is 11.6. The van der Waals surface area contributed by atoms with Gasteiger partial charge in [-0.3, -0.25) is 0 Å². The van der Waals surface area contributed by atoms with Gasteiger partial charge < -0.3 is 21.1 Å². The van der Waals surface area contributed by atoms with Gasteiger partial charge in [-0.2, -0.15) is 19.3 Å². The van der Waals surface area contributed by atoms with E-state index in [1.165, 1.54) is 4.31 Å². The number of nitrogens with two attached hydrogens (primary N) is 1. The summed E-state index contributed by atoms with van der Waals surface area (Å²) >= 11 is 0. The quantitative estimate of drug-likeness (QED) is 0.541. The number of aliphatic hydroxyl groups is 1. The van der Waals surface area contributed by atoms with Crippen LogP contribution >= 0.6 is 0 Å². The summed E-state index contributed by atoms with van der Waals surface area (Å²) in [7, 11) is -3.13. The van der Waals surface area contributed by atoms with Gasteiger partial charge in [-0.05, 0) is 19.1 Å². The molecule has 11 heteroatoms. The van der Waals surface area contributed by atoms with Crippen LogP contribution in [0.25, 0.3) is 0 Å². The van der Waals surface area contributed by atoms with Gasteiger partial charge in [-0.1, -0.05) is 18.2 Å². The van der Waals surface area contributed by atoms with E-state index in [9.17, 15) is 13.5 Å². The van der Waals surface area contributed by atoms with Crippen molar-refractivity contribution in [3.63, 3.8) is 0 Å². The van der Waals surface area contributed by atoms with Crippen LogP contribution in [0.4, 0.5) is 23.5 Å². The number of nitrogens with zero attached hydrogens (tertiary/aromatic N) is 5. The number of aliphatic hydroxyl groups excluding tert-OH is 1. The number of aromatic nitrogens is 3. The first-order chi connectivity index (χ1) is 12.4. The number of hydrogen-bond acceptors (Lipinski definition) is 9. The smallest absolute Gasteiger partial charge is 0.233 e. The highest BCUT2D eigenvalue weighted by molar-refractivity contribution is 7.95. The minimum atomic E-state index is -3.13. The summed E-state index contributed by atoms with van der Waals surface area (Å²) in [5, 5.41) is 11.9. The Hall–Kier alpha value is -2.50. The largest absolute Gasteiger partial charge is 0.395 e. The third-order valence-electron chi connectivity index (χ3n) is 4.03. The van der Waals surface area contributed by atoms with Crippen molar-refractivity contribution in [2.24, 2.45) is 0 Å². The third-order valence-corrected chi connectivity index (χ3v) is 6.08. The molecule has 0 aliphatic carbocycles. The summed E-state index contributed by atoms with van der Waals surface area (Å²) < 4.78 is 24.6. The van der Waals surface area contributed by atoms with Crippen LogP contribution in [0.1, 0.15) is 6.92 Å². The first-order valence-electron chi connectivity index (χ1n) is 8.12. The lowest BCUT2D eigenvalue weighted by Crippen LogP contribution is -2.33. The van der Waals surface area contributed by atoms with Gasteiger partial charge in [-0.25, -0.2) is 8.42 Å². The molecule has 0 bridgehead atoms. The first-order valence-corrected chi connectivity index (χ1v) is 9.62. The molecule has 0 amide bonds. The Labute approximate surface area is 151 Å². The molecule has 4 N–H and O–H groups in total. The molecule has 1 aliphatic rings. The zero-order chi connectivity index (χ0) is 18.7. The predicted molar refractivity (Wildman–Crippen MR) is 98.4 cm³/mol. The molecule has 1 aliphatic heterocycles. The van der Waals surface area contributed by atoms with E-state index in [1.54, 1.807) is 11.8 Å². The van der Waals surface area contributed by atoms with Gasteiger partial charge in [0.2, 0.25) is 27.9 Å². The summed E-state index contributed by atoms with van der Waals surface area (Å²) in [5.74, 6) is 0.579. The molecular weight excluding hydrogens is 358 g/mol. The average Bonchev–Trinajstić information content (AvgIpc) is 3.08. The Morgan fingerprint density at radius 1 is 1.23 bits per heavy atom. The van der Waals surface area contributed by atoms with Crippen molar-refractivity contribution < 1.29 is 13.5 Å². The zero-order valence-corrected chi connectivity index (χ0v) is 15.1. The number of nitrogens with one attached hydrogen (secondary N) is 1.